The number of aliphatic hydroxyl groups is 1. The molecule has 1 aromatic heterocycles. The molecule has 10 heteroatoms. The maximum Gasteiger partial charge on any atom is 0.489 e. The largest absolute Gasteiger partial charge is 0.489 e. The van der Waals surface area contributed by atoms with E-state index in [9.17, 15) is 29.5 Å². The highest BCUT2D eigenvalue weighted by Gasteiger charge is 2.47. The zero-order chi connectivity index (χ0) is 19.8. The second-order valence-corrected chi connectivity index (χ2v) is 6.96. The van der Waals surface area contributed by atoms with Crippen molar-refractivity contribution in [1.29, 1.82) is 0 Å². The summed E-state index contributed by atoms with van der Waals surface area (Å²) in [5.74, 6) is -0.977. The number of methoxy groups -OCH3 is 1. The Morgan fingerprint density at radius 1 is 1.30 bits per heavy atom. The first kappa shape index (κ1) is 19.2. The number of rotatable bonds is 5. The van der Waals surface area contributed by atoms with Gasteiger partial charge < -0.3 is 24.8 Å². The number of carbonyl (C=O) groups is 3. The van der Waals surface area contributed by atoms with Crippen molar-refractivity contribution in [3.05, 3.63) is 51.2 Å². The molecule has 0 bridgehead atoms. The van der Waals surface area contributed by atoms with Crippen LogP contribution in [0.3, 0.4) is 0 Å². The van der Waals surface area contributed by atoms with Gasteiger partial charge in [0.15, 0.2) is 0 Å². The van der Waals surface area contributed by atoms with Gasteiger partial charge in [-0.25, -0.2) is 4.79 Å². The summed E-state index contributed by atoms with van der Waals surface area (Å²) in [7, 11) is -0.569. The van der Waals surface area contributed by atoms with E-state index in [0.717, 1.165) is 0 Å². The molecule has 1 aliphatic heterocycles. The van der Waals surface area contributed by atoms with E-state index in [1.54, 1.807) is 10.8 Å². The molecule has 0 unspecified atom stereocenters. The van der Waals surface area contributed by atoms with Crippen LogP contribution in [-0.2, 0) is 10.3 Å². The first-order chi connectivity index (χ1) is 12.8. The molecule has 0 aliphatic carbocycles. The molecule has 0 radical (unpaired) electrons. The fraction of sp³-hybridized carbons (Fsp3) is 0.235. The maximum atomic E-state index is 12.6. The van der Waals surface area contributed by atoms with Gasteiger partial charge in [0.1, 0.15) is 11.9 Å². The van der Waals surface area contributed by atoms with Gasteiger partial charge in [0.2, 0.25) is 0 Å². The number of ether oxygens (including phenoxy) is 1. The molecule has 2 heterocycles. The normalized spacial score (nSPS) is 15.0. The maximum absolute atomic E-state index is 12.6. The topological polar surface area (TPSA) is 124 Å². The third-order valence-electron chi connectivity index (χ3n) is 4.50. The summed E-state index contributed by atoms with van der Waals surface area (Å²) in [6, 6.07) is 3.94. The van der Waals surface area contributed by atoms with E-state index in [-0.39, 0.29) is 35.2 Å². The molecule has 27 heavy (non-hydrogen) atoms. The third kappa shape index (κ3) is 3.39. The zero-order valence-electron chi connectivity index (χ0n) is 14.3. The van der Waals surface area contributed by atoms with Gasteiger partial charge >= 0.3 is 13.1 Å². The van der Waals surface area contributed by atoms with Crippen molar-refractivity contribution in [3.63, 3.8) is 0 Å². The SMILES string of the molecule is COC(=O)c1cscc1C1(O)CN(C(=O)c2ccc(B(O)O)c(C=O)c2)C1. The van der Waals surface area contributed by atoms with Crippen LogP contribution in [0.5, 0.6) is 0 Å². The predicted octanol–water partition coefficient (Wildman–Crippen LogP) is -0.629. The minimum Gasteiger partial charge on any atom is -0.465 e. The average molecular weight is 389 g/mol. The van der Waals surface area contributed by atoms with E-state index in [4.69, 9.17) is 4.74 Å². The monoisotopic (exact) mass is 389 g/mol. The van der Waals surface area contributed by atoms with Crippen LogP contribution in [0.25, 0.3) is 0 Å². The number of nitrogens with zero attached hydrogens (tertiary/aromatic N) is 1. The minimum absolute atomic E-state index is 0.00236. The molecule has 1 aliphatic rings. The van der Waals surface area contributed by atoms with Gasteiger partial charge in [-0.05, 0) is 23.0 Å². The molecule has 0 atom stereocenters. The molecule has 1 saturated heterocycles. The van der Waals surface area contributed by atoms with Gasteiger partial charge in [0.25, 0.3) is 5.91 Å². The number of hydrogen-bond donors (Lipinski definition) is 3. The zero-order valence-corrected chi connectivity index (χ0v) is 15.1. The van der Waals surface area contributed by atoms with E-state index < -0.39 is 24.6 Å². The van der Waals surface area contributed by atoms with Crippen LogP contribution >= 0.6 is 11.3 Å². The number of aldehydes is 1. The molecule has 3 rings (SSSR count). The average Bonchev–Trinajstić information content (AvgIpc) is 3.13. The van der Waals surface area contributed by atoms with Crippen LogP contribution in [0, 0.1) is 0 Å². The first-order valence-electron chi connectivity index (χ1n) is 7.92. The van der Waals surface area contributed by atoms with Crippen molar-refractivity contribution >= 4 is 42.1 Å². The number of likely N-dealkylation sites (tertiary alicyclic amines) is 1. The van der Waals surface area contributed by atoms with Gasteiger partial charge in [-0.1, -0.05) is 6.07 Å². The van der Waals surface area contributed by atoms with E-state index in [0.29, 0.717) is 11.8 Å². The van der Waals surface area contributed by atoms with Crippen molar-refractivity contribution in [1.82, 2.24) is 4.90 Å². The summed E-state index contributed by atoms with van der Waals surface area (Å²) in [4.78, 5) is 36.9. The van der Waals surface area contributed by atoms with Crippen LogP contribution in [0.4, 0.5) is 0 Å². The summed E-state index contributed by atoms with van der Waals surface area (Å²) in [6.07, 6.45) is 0.437. The van der Waals surface area contributed by atoms with Crippen LogP contribution in [0.1, 0.15) is 36.6 Å². The first-order valence-corrected chi connectivity index (χ1v) is 8.87. The molecule has 8 nitrogen and oxygen atoms in total. The van der Waals surface area contributed by atoms with E-state index in [1.807, 2.05) is 0 Å². The van der Waals surface area contributed by atoms with Gasteiger partial charge in [0.05, 0.1) is 25.8 Å². The number of thiophene rings is 1. The number of amides is 1. The lowest BCUT2D eigenvalue weighted by molar-refractivity contribution is -0.0865. The molecule has 3 N–H and O–H groups in total. The van der Waals surface area contributed by atoms with E-state index in [2.05, 4.69) is 0 Å². The molecule has 2 aromatic rings. The van der Waals surface area contributed by atoms with Crippen LogP contribution < -0.4 is 5.46 Å². The smallest absolute Gasteiger partial charge is 0.465 e. The summed E-state index contributed by atoms with van der Waals surface area (Å²) >= 11 is 1.25. The van der Waals surface area contributed by atoms with Crippen molar-refractivity contribution < 1.29 is 34.3 Å². The highest BCUT2D eigenvalue weighted by molar-refractivity contribution is 7.08. The number of β-amino-alcohol motifs (C(OH)–C–C–N with tert-alkyl or cyclic N) is 1. The molecule has 1 fully saturated rings. The van der Waals surface area contributed by atoms with Crippen molar-refractivity contribution in [2.45, 2.75) is 5.60 Å². The molecule has 140 valence electrons. The van der Waals surface area contributed by atoms with Crippen LogP contribution in [0.2, 0.25) is 0 Å². The lowest BCUT2D eigenvalue weighted by Crippen LogP contribution is -2.61. The Hall–Kier alpha value is -2.53. The summed E-state index contributed by atoms with van der Waals surface area (Å²) in [6.45, 7) is -0.0410. The Morgan fingerprint density at radius 3 is 2.59 bits per heavy atom. The third-order valence-corrected chi connectivity index (χ3v) is 5.24. The van der Waals surface area contributed by atoms with Crippen LogP contribution in [-0.4, -0.2) is 65.5 Å². The van der Waals surface area contributed by atoms with Crippen molar-refractivity contribution in [3.8, 4) is 0 Å². The predicted molar refractivity (Wildman–Crippen MR) is 97.1 cm³/mol. The second kappa shape index (κ2) is 7.24. The molecule has 1 aromatic carbocycles. The highest BCUT2D eigenvalue weighted by Crippen LogP contribution is 2.36. The van der Waals surface area contributed by atoms with Gasteiger partial charge in [-0.2, -0.15) is 11.3 Å². The Balaban J connectivity index is 1.78. The Bertz CT molecular complexity index is 904. The number of carbonyl (C=O) groups excluding carboxylic acids is 3. The fourth-order valence-electron chi connectivity index (χ4n) is 3.05. The number of hydrogen-bond acceptors (Lipinski definition) is 8. The molecule has 1 amide bonds. The molecule has 0 saturated carbocycles. The Kier molecular flexibility index (Phi) is 5.16. The number of benzene rings is 1. The number of esters is 1. The molecular formula is C17H16BNO7S. The minimum atomic E-state index is -1.82. The van der Waals surface area contributed by atoms with Gasteiger partial charge in [-0.3, -0.25) is 9.59 Å². The van der Waals surface area contributed by atoms with E-state index >= 15 is 0 Å². The fourth-order valence-corrected chi connectivity index (χ4v) is 3.96. The highest BCUT2D eigenvalue weighted by atomic mass is 32.1. The standard InChI is InChI=1S/C17H16BNO7S/c1-26-16(22)12-6-27-7-13(12)17(23)8-19(9-17)15(21)10-2-3-14(18(24)25)11(4-10)5-20/h2-7,23-25H,8-9H2,1H3. The quantitative estimate of drug-likeness (QED) is 0.353. The van der Waals surface area contributed by atoms with E-state index in [1.165, 1.54) is 41.5 Å². The van der Waals surface area contributed by atoms with Gasteiger partial charge in [0, 0.05) is 22.1 Å². The lowest BCUT2D eigenvalue weighted by atomic mass is 9.76. The van der Waals surface area contributed by atoms with Gasteiger partial charge in [-0.15, -0.1) is 0 Å². The summed E-state index contributed by atoms with van der Waals surface area (Å²) < 4.78 is 4.70. The molecule has 0 spiro atoms. The van der Waals surface area contributed by atoms with Crippen LogP contribution in [0.15, 0.2) is 29.0 Å². The molecular weight excluding hydrogens is 373 g/mol. The second-order valence-electron chi connectivity index (χ2n) is 6.22. The summed E-state index contributed by atoms with van der Waals surface area (Å²) in [5.41, 5.74) is -0.493. The Labute approximate surface area is 158 Å². The Morgan fingerprint density at radius 2 is 2.00 bits per heavy atom. The lowest BCUT2D eigenvalue weighted by Gasteiger charge is -2.46. The van der Waals surface area contributed by atoms with Crippen molar-refractivity contribution in [2.75, 3.05) is 20.2 Å². The summed E-state index contributed by atoms with van der Waals surface area (Å²) in [5, 5.41) is 32.5. The van der Waals surface area contributed by atoms with Crippen molar-refractivity contribution in [2.24, 2.45) is 0 Å².